The topological polar surface area (TPSA) is 46.2 Å². The highest BCUT2D eigenvalue weighted by Gasteiger charge is 2.33. The summed E-state index contributed by atoms with van der Waals surface area (Å²) in [4.78, 5) is 0. The smallest absolute Gasteiger partial charge is 0.210 e. The zero-order valence-electron chi connectivity index (χ0n) is 8.23. The lowest BCUT2D eigenvalue weighted by Crippen LogP contribution is -2.25. The molecule has 0 spiro atoms. The molecule has 1 aliphatic rings. The fourth-order valence-electron chi connectivity index (χ4n) is 1.44. The quantitative estimate of drug-likeness (QED) is 0.928. The van der Waals surface area contributed by atoms with Gasteiger partial charge in [-0.1, -0.05) is 6.92 Å². The third-order valence-corrected chi connectivity index (χ3v) is 6.73. The van der Waals surface area contributed by atoms with Crippen LogP contribution < -0.4 is 4.72 Å². The first-order chi connectivity index (χ1) is 7.00. The molecule has 2 unspecified atom stereocenters. The van der Waals surface area contributed by atoms with E-state index in [1.54, 1.807) is 11.4 Å². The van der Waals surface area contributed by atoms with Gasteiger partial charge in [0.2, 0.25) is 0 Å². The normalized spacial score (nSPS) is 25.5. The van der Waals surface area contributed by atoms with Crippen molar-refractivity contribution in [2.24, 2.45) is 11.8 Å². The Balaban J connectivity index is 2.04. The molecule has 84 valence electrons. The summed E-state index contributed by atoms with van der Waals surface area (Å²) in [6, 6.07) is 1.75. The van der Waals surface area contributed by atoms with Crippen molar-refractivity contribution >= 4 is 37.3 Å². The van der Waals surface area contributed by atoms with Gasteiger partial charge in [0.15, 0.2) is 0 Å². The first kappa shape index (κ1) is 11.6. The summed E-state index contributed by atoms with van der Waals surface area (Å²) >= 11 is 4.46. The standard InChI is InChI=1S/C9H12BrNO2S2/c1-6-4-7(6)5-11-15(12,13)9-8(10)2-3-14-9/h2-3,6-7,11H,4-5H2,1H3. The number of nitrogens with one attached hydrogen (secondary N) is 1. The van der Waals surface area contributed by atoms with Gasteiger partial charge in [-0.3, -0.25) is 0 Å². The van der Waals surface area contributed by atoms with E-state index in [-0.39, 0.29) is 0 Å². The zero-order valence-corrected chi connectivity index (χ0v) is 11.5. The highest BCUT2D eigenvalue weighted by molar-refractivity contribution is 9.10. The van der Waals surface area contributed by atoms with Crippen LogP contribution in [-0.2, 0) is 10.0 Å². The highest BCUT2D eigenvalue weighted by atomic mass is 79.9. The summed E-state index contributed by atoms with van der Waals surface area (Å²) in [5.74, 6) is 1.19. The van der Waals surface area contributed by atoms with Crippen LogP contribution in [0, 0.1) is 11.8 Å². The van der Waals surface area contributed by atoms with Gasteiger partial charge in [-0.05, 0) is 45.6 Å². The maximum atomic E-state index is 11.8. The van der Waals surface area contributed by atoms with Crippen LogP contribution >= 0.6 is 27.3 Å². The van der Waals surface area contributed by atoms with Gasteiger partial charge in [0.05, 0.1) is 0 Å². The third kappa shape index (κ3) is 2.61. The molecule has 1 aromatic rings. The van der Waals surface area contributed by atoms with E-state index in [0.29, 0.717) is 27.1 Å². The number of sulfonamides is 1. The Morgan fingerprint density at radius 2 is 2.33 bits per heavy atom. The van der Waals surface area contributed by atoms with E-state index in [9.17, 15) is 8.42 Å². The number of hydrogen-bond acceptors (Lipinski definition) is 3. The van der Waals surface area contributed by atoms with Gasteiger partial charge in [-0.2, -0.15) is 0 Å². The monoisotopic (exact) mass is 309 g/mol. The second kappa shape index (κ2) is 4.16. The molecule has 0 aliphatic heterocycles. The molecule has 1 heterocycles. The molecule has 6 heteroatoms. The molecule has 1 fully saturated rings. The molecule has 0 radical (unpaired) electrons. The fourth-order valence-corrected chi connectivity index (χ4v) is 4.91. The minimum atomic E-state index is -3.30. The van der Waals surface area contributed by atoms with Gasteiger partial charge >= 0.3 is 0 Å². The van der Waals surface area contributed by atoms with E-state index < -0.39 is 10.0 Å². The van der Waals surface area contributed by atoms with Crippen molar-refractivity contribution in [3.8, 4) is 0 Å². The van der Waals surface area contributed by atoms with Crippen molar-refractivity contribution in [1.29, 1.82) is 0 Å². The molecule has 0 saturated heterocycles. The van der Waals surface area contributed by atoms with E-state index in [1.807, 2.05) is 0 Å². The summed E-state index contributed by atoms with van der Waals surface area (Å²) in [5, 5.41) is 1.76. The lowest BCUT2D eigenvalue weighted by Gasteiger charge is -2.04. The molecule has 1 saturated carbocycles. The summed E-state index contributed by atoms with van der Waals surface area (Å²) in [5.41, 5.74) is 0. The molecule has 0 aromatic carbocycles. The van der Waals surface area contributed by atoms with Gasteiger partial charge in [0, 0.05) is 11.0 Å². The Labute approximate surface area is 102 Å². The molecular formula is C9H12BrNO2S2. The molecule has 1 aliphatic carbocycles. The summed E-state index contributed by atoms with van der Waals surface area (Å²) in [7, 11) is -3.30. The second-order valence-corrected chi connectivity index (χ2v) is 7.61. The van der Waals surface area contributed by atoms with E-state index in [4.69, 9.17) is 0 Å². The SMILES string of the molecule is CC1CC1CNS(=O)(=O)c1sccc1Br. The molecule has 1 aromatic heterocycles. The van der Waals surface area contributed by atoms with E-state index in [2.05, 4.69) is 27.6 Å². The second-order valence-electron chi connectivity index (χ2n) is 3.88. The summed E-state index contributed by atoms with van der Waals surface area (Å²) < 4.78 is 27.3. The zero-order chi connectivity index (χ0) is 11.1. The maximum absolute atomic E-state index is 11.8. The van der Waals surface area contributed by atoms with Crippen LogP contribution in [0.2, 0.25) is 0 Å². The van der Waals surface area contributed by atoms with Crippen molar-refractivity contribution in [1.82, 2.24) is 4.72 Å². The van der Waals surface area contributed by atoms with Crippen molar-refractivity contribution in [3.63, 3.8) is 0 Å². The summed E-state index contributed by atoms with van der Waals surface area (Å²) in [6.07, 6.45) is 1.13. The third-order valence-electron chi connectivity index (χ3n) is 2.64. The van der Waals surface area contributed by atoms with Crippen molar-refractivity contribution in [2.75, 3.05) is 6.54 Å². The van der Waals surface area contributed by atoms with E-state index in [0.717, 1.165) is 6.42 Å². The molecule has 3 nitrogen and oxygen atoms in total. The van der Waals surface area contributed by atoms with Crippen LogP contribution in [-0.4, -0.2) is 15.0 Å². The predicted octanol–water partition coefficient (Wildman–Crippen LogP) is 2.44. The minimum absolute atomic E-state index is 0.371. The predicted molar refractivity (Wildman–Crippen MR) is 64.5 cm³/mol. The number of thiophene rings is 1. The molecule has 0 bridgehead atoms. The highest BCUT2D eigenvalue weighted by Crippen LogP contribution is 2.37. The lowest BCUT2D eigenvalue weighted by atomic mass is 10.3. The Kier molecular flexibility index (Phi) is 3.21. The Morgan fingerprint density at radius 3 is 2.80 bits per heavy atom. The van der Waals surface area contributed by atoms with Crippen LogP contribution in [0.1, 0.15) is 13.3 Å². The van der Waals surface area contributed by atoms with Crippen LogP contribution in [0.4, 0.5) is 0 Å². The maximum Gasteiger partial charge on any atom is 0.251 e. The Hall–Kier alpha value is 0.0900. The Morgan fingerprint density at radius 1 is 1.67 bits per heavy atom. The number of rotatable bonds is 4. The van der Waals surface area contributed by atoms with E-state index >= 15 is 0 Å². The van der Waals surface area contributed by atoms with Crippen LogP contribution in [0.3, 0.4) is 0 Å². The van der Waals surface area contributed by atoms with Crippen molar-refractivity contribution in [2.45, 2.75) is 17.6 Å². The fraction of sp³-hybridized carbons (Fsp3) is 0.556. The van der Waals surface area contributed by atoms with Gasteiger partial charge in [0.1, 0.15) is 4.21 Å². The molecular weight excluding hydrogens is 298 g/mol. The van der Waals surface area contributed by atoms with Gasteiger partial charge in [-0.25, -0.2) is 13.1 Å². The molecule has 1 N–H and O–H groups in total. The minimum Gasteiger partial charge on any atom is -0.210 e. The Bertz CT molecular complexity index is 454. The van der Waals surface area contributed by atoms with Gasteiger partial charge in [-0.15, -0.1) is 11.3 Å². The lowest BCUT2D eigenvalue weighted by molar-refractivity contribution is 0.576. The first-order valence-electron chi connectivity index (χ1n) is 4.73. The average Bonchev–Trinajstić information content (AvgIpc) is 2.67. The van der Waals surface area contributed by atoms with Crippen LogP contribution in [0.5, 0.6) is 0 Å². The first-order valence-corrected chi connectivity index (χ1v) is 7.89. The molecule has 2 rings (SSSR count). The van der Waals surface area contributed by atoms with Crippen molar-refractivity contribution < 1.29 is 8.42 Å². The van der Waals surface area contributed by atoms with Gasteiger partial charge < -0.3 is 0 Å². The number of hydrogen-bond donors (Lipinski definition) is 1. The largest absolute Gasteiger partial charge is 0.251 e. The average molecular weight is 310 g/mol. The number of halogens is 1. The van der Waals surface area contributed by atoms with E-state index in [1.165, 1.54) is 11.3 Å². The van der Waals surface area contributed by atoms with Crippen LogP contribution in [0.25, 0.3) is 0 Å². The molecule has 2 atom stereocenters. The molecule has 15 heavy (non-hydrogen) atoms. The van der Waals surface area contributed by atoms with Crippen LogP contribution in [0.15, 0.2) is 20.1 Å². The van der Waals surface area contributed by atoms with Gasteiger partial charge in [0.25, 0.3) is 10.0 Å². The summed E-state index contributed by atoms with van der Waals surface area (Å²) in [6.45, 7) is 2.70. The van der Waals surface area contributed by atoms with Crippen molar-refractivity contribution in [3.05, 3.63) is 15.9 Å². The molecule has 0 amide bonds.